The molecule has 0 saturated carbocycles. The maximum Gasteiger partial charge on any atom is 0.270 e. The Hall–Kier alpha value is -1.81. The standard InChI is InChI=1S/C11H8ClNO3/c12-11-6-10(13(14)15)2-1-9(11)5-8-3-4-16-7-8/h1-4,6-7H,5H2. The average Bonchev–Trinajstić information content (AvgIpc) is 2.73. The normalized spacial score (nSPS) is 10.3. The Bertz CT molecular complexity index is 508. The summed E-state index contributed by atoms with van der Waals surface area (Å²) < 4.78 is 4.94. The molecule has 2 rings (SSSR count). The Morgan fingerprint density at radius 3 is 2.75 bits per heavy atom. The van der Waals surface area contributed by atoms with E-state index in [9.17, 15) is 10.1 Å². The maximum absolute atomic E-state index is 10.5. The van der Waals surface area contributed by atoms with Crippen LogP contribution in [0.15, 0.2) is 41.2 Å². The summed E-state index contributed by atoms with van der Waals surface area (Å²) in [4.78, 5) is 10.0. The van der Waals surface area contributed by atoms with Gasteiger partial charge in [0.2, 0.25) is 0 Å². The number of nitrogens with zero attached hydrogens (tertiary/aromatic N) is 1. The van der Waals surface area contributed by atoms with Crippen molar-refractivity contribution in [2.45, 2.75) is 6.42 Å². The quantitative estimate of drug-likeness (QED) is 0.607. The molecule has 0 aliphatic carbocycles. The van der Waals surface area contributed by atoms with E-state index in [1.807, 2.05) is 6.07 Å². The van der Waals surface area contributed by atoms with Crippen molar-refractivity contribution < 1.29 is 9.34 Å². The van der Waals surface area contributed by atoms with Crippen molar-refractivity contribution in [2.24, 2.45) is 0 Å². The Kier molecular flexibility index (Phi) is 2.92. The van der Waals surface area contributed by atoms with Crippen molar-refractivity contribution in [1.29, 1.82) is 0 Å². The van der Waals surface area contributed by atoms with Crippen molar-refractivity contribution in [3.63, 3.8) is 0 Å². The number of nitro benzene ring substituents is 1. The highest BCUT2D eigenvalue weighted by Gasteiger charge is 2.09. The number of nitro groups is 1. The molecular weight excluding hydrogens is 230 g/mol. The monoisotopic (exact) mass is 237 g/mol. The molecule has 1 heterocycles. The summed E-state index contributed by atoms with van der Waals surface area (Å²) in [6.07, 6.45) is 3.81. The first-order valence-electron chi connectivity index (χ1n) is 4.60. The summed E-state index contributed by atoms with van der Waals surface area (Å²) in [5.41, 5.74) is 1.82. The van der Waals surface area contributed by atoms with Crippen LogP contribution in [0.1, 0.15) is 11.1 Å². The van der Waals surface area contributed by atoms with Crippen LogP contribution in [-0.4, -0.2) is 4.92 Å². The Morgan fingerprint density at radius 1 is 1.38 bits per heavy atom. The minimum absolute atomic E-state index is 0.000874. The molecule has 0 bridgehead atoms. The summed E-state index contributed by atoms with van der Waals surface area (Å²) in [6, 6.07) is 6.30. The SMILES string of the molecule is O=[N+]([O-])c1ccc(Cc2ccoc2)c(Cl)c1. The predicted octanol–water partition coefficient (Wildman–Crippen LogP) is 3.43. The zero-order valence-corrected chi connectivity index (χ0v) is 8.98. The largest absolute Gasteiger partial charge is 0.472 e. The molecule has 16 heavy (non-hydrogen) atoms. The molecule has 0 radical (unpaired) electrons. The molecule has 0 aliphatic rings. The number of furan rings is 1. The lowest BCUT2D eigenvalue weighted by Gasteiger charge is -2.01. The Morgan fingerprint density at radius 2 is 2.19 bits per heavy atom. The molecule has 0 unspecified atom stereocenters. The molecule has 0 aliphatic heterocycles. The number of non-ortho nitro benzene ring substituents is 1. The third kappa shape index (κ3) is 2.23. The van der Waals surface area contributed by atoms with E-state index >= 15 is 0 Å². The second-order valence-electron chi connectivity index (χ2n) is 3.34. The highest BCUT2D eigenvalue weighted by Crippen LogP contribution is 2.24. The molecule has 0 fully saturated rings. The number of halogens is 1. The van der Waals surface area contributed by atoms with Gasteiger partial charge in [0.15, 0.2) is 0 Å². The van der Waals surface area contributed by atoms with E-state index in [0.717, 1.165) is 11.1 Å². The molecule has 1 aromatic heterocycles. The van der Waals surface area contributed by atoms with Crippen LogP contribution in [0.3, 0.4) is 0 Å². The topological polar surface area (TPSA) is 56.3 Å². The summed E-state index contributed by atoms with van der Waals surface area (Å²) in [5, 5.41) is 10.9. The van der Waals surface area contributed by atoms with Gasteiger partial charge >= 0.3 is 0 Å². The highest BCUT2D eigenvalue weighted by molar-refractivity contribution is 6.31. The lowest BCUT2D eigenvalue weighted by atomic mass is 10.1. The smallest absolute Gasteiger partial charge is 0.270 e. The number of rotatable bonds is 3. The van der Waals surface area contributed by atoms with Gasteiger partial charge in [0.05, 0.1) is 22.5 Å². The van der Waals surface area contributed by atoms with E-state index in [2.05, 4.69) is 0 Å². The fourth-order valence-corrected chi connectivity index (χ4v) is 1.65. The second-order valence-corrected chi connectivity index (χ2v) is 3.75. The lowest BCUT2D eigenvalue weighted by molar-refractivity contribution is -0.384. The summed E-state index contributed by atoms with van der Waals surface area (Å²) in [7, 11) is 0. The van der Waals surface area contributed by atoms with Gasteiger partial charge in [0.25, 0.3) is 5.69 Å². The summed E-state index contributed by atoms with van der Waals surface area (Å²) in [5.74, 6) is 0. The molecule has 0 amide bonds. The van der Waals surface area contributed by atoms with Gasteiger partial charge in [0, 0.05) is 18.6 Å². The minimum Gasteiger partial charge on any atom is -0.472 e. The lowest BCUT2D eigenvalue weighted by Crippen LogP contribution is -1.91. The molecular formula is C11H8ClNO3. The van der Waals surface area contributed by atoms with Crippen molar-refractivity contribution >= 4 is 17.3 Å². The fourth-order valence-electron chi connectivity index (χ4n) is 1.41. The van der Waals surface area contributed by atoms with Gasteiger partial charge in [-0.15, -0.1) is 0 Å². The molecule has 4 nitrogen and oxygen atoms in total. The van der Waals surface area contributed by atoms with E-state index in [1.54, 1.807) is 18.6 Å². The number of hydrogen-bond donors (Lipinski definition) is 0. The van der Waals surface area contributed by atoms with Crippen LogP contribution in [0.25, 0.3) is 0 Å². The number of benzene rings is 1. The van der Waals surface area contributed by atoms with Crippen LogP contribution < -0.4 is 0 Å². The van der Waals surface area contributed by atoms with Gasteiger partial charge in [-0.25, -0.2) is 0 Å². The minimum atomic E-state index is -0.465. The molecule has 0 spiro atoms. The first kappa shape index (κ1) is 10.7. The van der Waals surface area contributed by atoms with Gasteiger partial charge in [-0.05, 0) is 17.2 Å². The van der Waals surface area contributed by atoms with Crippen molar-refractivity contribution in [2.75, 3.05) is 0 Å². The van der Waals surface area contributed by atoms with Crippen LogP contribution in [0.4, 0.5) is 5.69 Å². The fraction of sp³-hybridized carbons (Fsp3) is 0.0909. The first-order valence-corrected chi connectivity index (χ1v) is 4.98. The summed E-state index contributed by atoms with van der Waals surface area (Å²) >= 11 is 5.96. The van der Waals surface area contributed by atoms with Crippen LogP contribution >= 0.6 is 11.6 Å². The van der Waals surface area contributed by atoms with E-state index in [-0.39, 0.29) is 5.69 Å². The van der Waals surface area contributed by atoms with E-state index < -0.39 is 4.92 Å². The van der Waals surface area contributed by atoms with Gasteiger partial charge in [-0.3, -0.25) is 10.1 Å². The molecule has 5 heteroatoms. The van der Waals surface area contributed by atoms with Crippen LogP contribution in [0.2, 0.25) is 5.02 Å². The van der Waals surface area contributed by atoms with Gasteiger partial charge in [-0.2, -0.15) is 0 Å². The third-order valence-electron chi connectivity index (χ3n) is 2.22. The maximum atomic E-state index is 10.5. The molecule has 0 N–H and O–H groups in total. The van der Waals surface area contributed by atoms with Crippen LogP contribution in [0, 0.1) is 10.1 Å². The second kappa shape index (κ2) is 4.37. The summed E-state index contributed by atoms with van der Waals surface area (Å²) in [6.45, 7) is 0. The zero-order valence-electron chi connectivity index (χ0n) is 8.22. The first-order chi connectivity index (χ1) is 7.66. The Labute approximate surface area is 96.6 Å². The van der Waals surface area contributed by atoms with Crippen LogP contribution in [0.5, 0.6) is 0 Å². The molecule has 82 valence electrons. The average molecular weight is 238 g/mol. The van der Waals surface area contributed by atoms with Crippen molar-refractivity contribution in [3.8, 4) is 0 Å². The van der Waals surface area contributed by atoms with E-state index in [0.29, 0.717) is 11.4 Å². The molecule has 2 aromatic rings. The molecule has 0 saturated heterocycles. The Balaban J connectivity index is 2.26. The van der Waals surface area contributed by atoms with Crippen molar-refractivity contribution in [3.05, 3.63) is 63.1 Å². The van der Waals surface area contributed by atoms with Crippen molar-refractivity contribution in [1.82, 2.24) is 0 Å². The van der Waals surface area contributed by atoms with Gasteiger partial charge in [-0.1, -0.05) is 17.7 Å². The number of hydrogen-bond acceptors (Lipinski definition) is 3. The van der Waals surface area contributed by atoms with Crippen LogP contribution in [-0.2, 0) is 6.42 Å². The predicted molar refractivity (Wildman–Crippen MR) is 59.6 cm³/mol. The van der Waals surface area contributed by atoms with E-state index in [1.165, 1.54) is 12.1 Å². The zero-order chi connectivity index (χ0) is 11.5. The molecule has 1 aromatic carbocycles. The third-order valence-corrected chi connectivity index (χ3v) is 2.57. The molecule has 0 atom stereocenters. The van der Waals surface area contributed by atoms with E-state index in [4.69, 9.17) is 16.0 Å². The van der Waals surface area contributed by atoms with Gasteiger partial charge < -0.3 is 4.42 Å². The highest BCUT2D eigenvalue weighted by atomic mass is 35.5. The van der Waals surface area contributed by atoms with Gasteiger partial charge in [0.1, 0.15) is 0 Å².